The van der Waals surface area contributed by atoms with Crippen molar-refractivity contribution in [1.82, 2.24) is 0 Å². The van der Waals surface area contributed by atoms with Gasteiger partial charge in [-0.15, -0.1) is 0 Å². The van der Waals surface area contributed by atoms with Crippen molar-refractivity contribution in [3.8, 4) is 0 Å². The zero-order valence-electron chi connectivity index (χ0n) is 18.6. The predicted octanol–water partition coefficient (Wildman–Crippen LogP) is -4.63. The summed E-state index contributed by atoms with van der Waals surface area (Å²) in [6.45, 7) is 0.197. The Kier molecular flexibility index (Phi) is 7.64. The quantitative estimate of drug-likeness (QED) is 0.170. The van der Waals surface area contributed by atoms with E-state index in [-0.39, 0.29) is 0 Å². The number of ether oxygens (including phenoxy) is 5. The van der Waals surface area contributed by atoms with Gasteiger partial charge in [-0.2, -0.15) is 0 Å². The fourth-order valence-corrected chi connectivity index (χ4v) is 4.75. The van der Waals surface area contributed by atoms with Crippen molar-refractivity contribution in [3.63, 3.8) is 0 Å². The van der Waals surface area contributed by atoms with Crippen molar-refractivity contribution in [2.24, 2.45) is 5.92 Å². The summed E-state index contributed by atoms with van der Waals surface area (Å²) in [5, 5.41) is 79.7. The van der Waals surface area contributed by atoms with Gasteiger partial charge in [-0.05, 0) is 19.1 Å². The van der Waals surface area contributed by atoms with Crippen molar-refractivity contribution in [2.75, 3.05) is 13.2 Å². The van der Waals surface area contributed by atoms with Crippen LogP contribution < -0.4 is 0 Å². The highest BCUT2D eigenvalue weighted by molar-refractivity contribution is 6.03. The molecule has 0 aromatic carbocycles. The number of hydrogen-bond donors (Lipinski definition) is 8. The lowest BCUT2D eigenvalue weighted by Gasteiger charge is -2.47. The van der Waals surface area contributed by atoms with Crippen LogP contribution in [-0.2, 0) is 28.5 Å². The Morgan fingerprint density at radius 3 is 1.94 bits per heavy atom. The first-order valence-electron chi connectivity index (χ1n) is 11.1. The first-order valence-corrected chi connectivity index (χ1v) is 11.1. The van der Waals surface area contributed by atoms with Gasteiger partial charge in [0.1, 0.15) is 48.8 Å². The third-order valence-corrected chi connectivity index (χ3v) is 6.77. The lowest BCUT2D eigenvalue weighted by atomic mass is 9.83. The molecule has 0 amide bonds. The first kappa shape index (κ1) is 26.5. The Labute approximate surface area is 199 Å². The molecule has 2 saturated heterocycles. The van der Waals surface area contributed by atoms with E-state index >= 15 is 0 Å². The maximum absolute atomic E-state index is 13.1. The van der Waals surface area contributed by atoms with Crippen molar-refractivity contribution in [1.29, 1.82) is 0 Å². The van der Waals surface area contributed by atoms with Gasteiger partial charge < -0.3 is 64.5 Å². The summed E-state index contributed by atoms with van der Waals surface area (Å²) in [5.41, 5.74) is -1.45. The van der Waals surface area contributed by atoms with Crippen LogP contribution in [0.2, 0.25) is 0 Å². The highest BCUT2D eigenvalue weighted by Crippen LogP contribution is 2.46. The Bertz CT molecular complexity index is 844. The molecule has 13 atom stereocenters. The van der Waals surface area contributed by atoms with Gasteiger partial charge >= 0.3 is 0 Å². The molecule has 0 bridgehead atoms. The smallest absolute Gasteiger partial charge is 0.211 e. The summed E-state index contributed by atoms with van der Waals surface area (Å²) < 4.78 is 27.9. The second-order valence-corrected chi connectivity index (χ2v) is 8.98. The molecule has 2 fully saturated rings. The van der Waals surface area contributed by atoms with Crippen LogP contribution in [0.25, 0.3) is 0 Å². The third kappa shape index (κ3) is 4.43. The van der Waals surface area contributed by atoms with Gasteiger partial charge in [0.15, 0.2) is 24.0 Å². The van der Waals surface area contributed by atoms with Gasteiger partial charge in [-0.3, -0.25) is 4.79 Å². The van der Waals surface area contributed by atoms with E-state index in [0.717, 1.165) is 6.26 Å². The summed E-state index contributed by atoms with van der Waals surface area (Å²) in [7, 11) is 0. The average Bonchev–Trinajstić information content (AvgIpc) is 3.09. The molecule has 198 valence electrons. The van der Waals surface area contributed by atoms with Crippen LogP contribution in [-0.4, -0.2) is 133 Å². The van der Waals surface area contributed by atoms with E-state index in [1.165, 1.54) is 12.2 Å². The molecular formula is C21H30O14. The minimum Gasteiger partial charge on any atom is -0.472 e. The van der Waals surface area contributed by atoms with Gasteiger partial charge in [0.05, 0.1) is 25.4 Å². The summed E-state index contributed by atoms with van der Waals surface area (Å²) in [4.78, 5) is 13.1. The molecule has 3 aliphatic heterocycles. The zero-order valence-corrected chi connectivity index (χ0v) is 18.6. The predicted molar refractivity (Wildman–Crippen MR) is 109 cm³/mol. The highest BCUT2D eigenvalue weighted by atomic mass is 16.8. The highest BCUT2D eigenvalue weighted by Gasteiger charge is 2.60. The van der Waals surface area contributed by atoms with Gasteiger partial charge in [0.25, 0.3) is 0 Å². The van der Waals surface area contributed by atoms with Crippen LogP contribution >= 0.6 is 0 Å². The molecule has 0 spiro atoms. The molecule has 14 nitrogen and oxygen atoms in total. The lowest BCUT2D eigenvalue weighted by molar-refractivity contribution is -0.354. The van der Waals surface area contributed by atoms with Crippen molar-refractivity contribution < 1.29 is 69.3 Å². The molecule has 4 rings (SSSR count). The molecule has 14 heteroatoms. The monoisotopic (exact) mass is 506 g/mol. The second kappa shape index (κ2) is 10.1. The molecule has 0 aromatic heterocycles. The normalized spacial score (nSPS) is 50.0. The molecule has 8 N–H and O–H groups in total. The van der Waals surface area contributed by atoms with E-state index in [9.17, 15) is 45.6 Å². The largest absolute Gasteiger partial charge is 0.472 e. The lowest BCUT2D eigenvalue weighted by Crippen LogP contribution is -2.63. The minimum atomic E-state index is -1.87. The molecule has 4 aliphatic rings. The average molecular weight is 506 g/mol. The van der Waals surface area contributed by atoms with E-state index in [1.807, 2.05) is 0 Å². The number of aliphatic hydroxyl groups is 8. The summed E-state index contributed by atoms with van der Waals surface area (Å²) in [6.07, 6.45) is -13.7. The molecule has 0 aromatic rings. The molecule has 0 saturated carbocycles. The molecule has 1 aliphatic carbocycles. The van der Waals surface area contributed by atoms with Crippen LogP contribution in [0.4, 0.5) is 0 Å². The van der Waals surface area contributed by atoms with E-state index in [0.29, 0.717) is 5.57 Å². The zero-order chi connectivity index (χ0) is 25.7. The van der Waals surface area contributed by atoms with E-state index < -0.39 is 98.2 Å². The Hall–Kier alpha value is -1.53. The van der Waals surface area contributed by atoms with Crippen LogP contribution in [0.3, 0.4) is 0 Å². The van der Waals surface area contributed by atoms with Crippen LogP contribution in [0, 0.1) is 5.92 Å². The van der Waals surface area contributed by atoms with Crippen LogP contribution in [0.15, 0.2) is 24.0 Å². The molecule has 35 heavy (non-hydrogen) atoms. The van der Waals surface area contributed by atoms with E-state index in [1.54, 1.807) is 6.92 Å². The molecule has 3 heterocycles. The second-order valence-electron chi connectivity index (χ2n) is 8.98. The Morgan fingerprint density at radius 2 is 1.37 bits per heavy atom. The van der Waals surface area contributed by atoms with Crippen molar-refractivity contribution >= 4 is 5.78 Å². The van der Waals surface area contributed by atoms with E-state index in [2.05, 4.69) is 0 Å². The number of aliphatic hydroxyl groups excluding tert-OH is 8. The van der Waals surface area contributed by atoms with Crippen molar-refractivity contribution in [3.05, 3.63) is 24.0 Å². The van der Waals surface area contributed by atoms with E-state index in [4.69, 9.17) is 23.7 Å². The standard InChI is InChI=1S/C21H30O14/c1-7-4-10(24)21(35-20-17(30)15(28)13(26)9(6-23)33-20)2-3-31-18(11(7)21)34-19-16(29)14(27)12(25)8(5-22)32-19/h2-4,8-9,11-20,22-23,25-30H,5-6H2,1H3/t8-,9+,11+,12-,13+,14+,15+,16-,17+,18+,19+,20+,21-/m1/s1. The fraction of sp³-hybridized carbons (Fsp3) is 0.762. The number of carbonyl (C=O) groups is 1. The molecular weight excluding hydrogens is 476 g/mol. The fourth-order valence-electron chi connectivity index (χ4n) is 4.75. The Morgan fingerprint density at radius 1 is 0.829 bits per heavy atom. The molecule has 0 unspecified atom stereocenters. The summed E-state index contributed by atoms with van der Waals surface area (Å²) >= 11 is 0. The minimum absolute atomic E-state index is 0.415. The number of ketones is 1. The van der Waals surface area contributed by atoms with Crippen molar-refractivity contribution in [2.45, 2.75) is 80.2 Å². The summed E-state index contributed by atoms with van der Waals surface area (Å²) in [6, 6.07) is 0. The SMILES string of the molecule is CC1=CC(=O)[C@]2(O[C@@H]3O[C@@H](CO)[C@H](O)[C@H](O)[C@@H]3O)C=CO[C@@H](O[C@@H]3O[C@H](CO)[C@@H](O)[C@H](O)[C@H]3O)[C@H]12. The van der Waals surface area contributed by atoms with Gasteiger partial charge in [0, 0.05) is 0 Å². The maximum Gasteiger partial charge on any atom is 0.211 e. The molecule has 0 radical (unpaired) electrons. The van der Waals surface area contributed by atoms with Crippen LogP contribution in [0.1, 0.15) is 6.92 Å². The van der Waals surface area contributed by atoms with Gasteiger partial charge in [-0.25, -0.2) is 0 Å². The number of rotatable bonds is 6. The topological polar surface area (TPSA) is 225 Å². The number of fused-ring (bicyclic) bond motifs is 1. The maximum atomic E-state index is 13.1. The van der Waals surface area contributed by atoms with Gasteiger partial charge in [0.2, 0.25) is 6.29 Å². The third-order valence-electron chi connectivity index (χ3n) is 6.77. The number of hydrogen-bond acceptors (Lipinski definition) is 14. The first-order chi connectivity index (χ1) is 16.5. The number of carbonyl (C=O) groups excluding carboxylic acids is 1. The van der Waals surface area contributed by atoms with Crippen LogP contribution in [0.5, 0.6) is 0 Å². The van der Waals surface area contributed by atoms with Gasteiger partial charge in [-0.1, -0.05) is 5.57 Å². The Balaban J connectivity index is 1.58. The summed E-state index contributed by atoms with van der Waals surface area (Å²) in [5.74, 6) is -1.61.